The van der Waals surface area contributed by atoms with Gasteiger partial charge in [-0.05, 0) is 37.1 Å². The molecule has 0 aliphatic heterocycles. The molecule has 1 amide bonds. The third-order valence-electron chi connectivity index (χ3n) is 5.54. The van der Waals surface area contributed by atoms with Gasteiger partial charge in [-0.1, -0.05) is 54.2 Å². The number of aryl methyl sites for hydroxylation is 1. The third-order valence-corrected chi connectivity index (χ3v) is 7.59. The van der Waals surface area contributed by atoms with Gasteiger partial charge >= 0.3 is 0 Å². The molecule has 0 aliphatic carbocycles. The zero-order valence-electron chi connectivity index (χ0n) is 18.1. The number of rotatable bonds is 6. The Hall–Kier alpha value is -3.61. The Labute approximate surface area is 198 Å². The Morgan fingerprint density at radius 2 is 1.82 bits per heavy atom. The second kappa shape index (κ2) is 8.73. The van der Waals surface area contributed by atoms with Crippen LogP contribution < -0.4 is 5.32 Å². The van der Waals surface area contributed by atoms with E-state index in [0.29, 0.717) is 22.3 Å². The summed E-state index contributed by atoms with van der Waals surface area (Å²) in [7, 11) is 0. The lowest BCUT2D eigenvalue weighted by Gasteiger charge is -2.04. The normalized spacial score (nSPS) is 11.2. The maximum atomic E-state index is 12.6. The molecule has 164 valence electrons. The molecule has 5 rings (SSSR count). The monoisotopic (exact) mass is 472 g/mol. The Morgan fingerprint density at radius 1 is 1.09 bits per heavy atom. The van der Waals surface area contributed by atoms with Crippen LogP contribution in [0, 0.1) is 25.2 Å². The van der Waals surface area contributed by atoms with Crippen LogP contribution in [0.1, 0.15) is 21.6 Å². The molecule has 3 heterocycles. The van der Waals surface area contributed by atoms with Gasteiger partial charge in [-0.3, -0.25) is 9.20 Å². The predicted molar refractivity (Wildman–Crippen MR) is 132 cm³/mol. The van der Waals surface area contributed by atoms with Gasteiger partial charge in [-0.15, -0.1) is 21.5 Å². The molecule has 7 nitrogen and oxygen atoms in total. The van der Waals surface area contributed by atoms with Crippen LogP contribution in [0.3, 0.4) is 0 Å². The molecule has 1 N–H and O–H groups in total. The van der Waals surface area contributed by atoms with Crippen LogP contribution >= 0.6 is 23.1 Å². The Kier molecular flexibility index (Phi) is 5.62. The summed E-state index contributed by atoms with van der Waals surface area (Å²) in [5, 5.41) is 22.3. The molecule has 0 radical (unpaired) electrons. The SMILES string of the molecule is Cc1sc(NC(=O)CSc2nnc3n(Cc4ccccc4)c4ccccc4n23)c(C#N)c1C. The molecular weight excluding hydrogens is 452 g/mol. The number of fused-ring (bicyclic) bond motifs is 3. The molecule has 0 saturated heterocycles. The van der Waals surface area contributed by atoms with E-state index in [0.717, 1.165) is 27.3 Å². The van der Waals surface area contributed by atoms with Gasteiger partial charge in [-0.25, -0.2) is 0 Å². The number of nitrogens with zero attached hydrogens (tertiary/aromatic N) is 5. The summed E-state index contributed by atoms with van der Waals surface area (Å²) in [6.45, 7) is 4.52. The number of aromatic nitrogens is 4. The average molecular weight is 473 g/mol. The van der Waals surface area contributed by atoms with Crippen molar-refractivity contribution in [3.05, 3.63) is 76.2 Å². The Morgan fingerprint density at radius 3 is 2.58 bits per heavy atom. The highest BCUT2D eigenvalue weighted by molar-refractivity contribution is 7.99. The van der Waals surface area contributed by atoms with Gasteiger partial charge in [0.25, 0.3) is 0 Å². The van der Waals surface area contributed by atoms with Crippen molar-refractivity contribution >= 4 is 50.8 Å². The number of para-hydroxylation sites is 2. The first-order valence-corrected chi connectivity index (χ1v) is 12.2. The summed E-state index contributed by atoms with van der Waals surface area (Å²) in [5.74, 6) is 0.724. The van der Waals surface area contributed by atoms with E-state index in [-0.39, 0.29) is 11.7 Å². The highest BCUT2D eigenvalue weighted by atomic mass is 32.2. The van der Waals surface area contributed by atoms with Crippen LogP contribution in [0.25, 0.3) is 16.8 Å². The van der Waals surface area contributed by atoms with Crippen LogP contribution in [-0.2, 0) is 11.3 Å². The minimum absolute atomic E-state index is 0.167. The first-order valence-electron chi connectivity index (χ1n) is 10.4. The standard InChI is InChI=1S/C24H20N6OS2/c1-15-16(2)33-22(18(15)12-25)26-21(31)14-32-24-28-27-23-29(13-17-8-4-3-5-9-17)19-10-6-7-11-20(19)30(23)24/h3-11H,13-14H2,1-2H3,(H,26,31). The highest BCUT2D eigenvalue weighted by Gasteiger charge is 2.19. The second-order valence-corrected chi connectivity index (χ2v) is 9.78. The van der Waals surface area contributed by atoms with Gasteiger partial charge in [0.1, 0.15) is 11.1 Å². The van der Waals surface area contributed by atoms with Crippen molar-refractivity contribution in [2.45, 2.75) is 25.5 Å². The van der Waals surface area contributed by atoms with Crippen molar-refractivity contribution in [3.63, 3.8) is 0 Å². The van der Waals surface area contributed by atoms with Gasteiger partial charge < -0.3 is 9.88 Å². The van der Waals surface area contributed by atoms with Crippen molar-refractivity contribution in [2.24, 2.45) is 0 Å². The van der Waals surface area contributed by atoms with Gasteiger partial charge in [0.2, 0.25) is 11.7 Å². The van der Waals surface area contributed by atoms with Gasteiger partial charge in [0.05, 0.1) is 28.9 Å². The smallest absolute Gasteiger partial charge is 0.237 e. The van der Waals surface area contributed by atoms with Crippen LogP contribution in [0.5, 0.6) is 0 Å². The number of carbonyl (C=O) groups excluding carboxylic acids is 1. The molecule has 5 aromatic rings. The minimum atomic E-state index is -0.178. The number of hydrogen-bond acceptors (Lipinski definition) is 6. The predicted octanol–water partition coefficient (Wildman–Crippen LogP) is 5.01. The molecule has 0 saturated carbocycles. The third kappa shape index (κ3) is 3.88. The van der Waals surface area contributed by atoms with E-state index in [2.05, 4.69) is 44.3 Å². The number of amides is 1. The van der Waals surface area contributed by atoms with Crippen molar-refractivity contribution in [2.75, 3.05) is 11.1 Å². The lowest BCUT2D eigenvalue weighted by Crippen LogP contribution is -2.14. The number of thiophene rings is 1. The Balaban J connectivity index is 1.42. The van der Waals surface area contributed by atoms with E-state index >= 15 is 0 Å². The van der Waals surface area contributed by atoms with E-state index in [1.165, 1.54) is 28.7 Å². The molecule has 9 heteroatoms. The van der Waals surface area contributed by atoms with E-state index < -0.39 is 0 Å². The second-order valence-electron chi connectivity index (χ2n) is 7.61. The molecule has 0 unspecified atom stereocenters. The molecular formula is C24H20N6OS2. The fourth-order valence-corrected chi connectivity index (χ4v) is 5.56. The highest BCUT2D eigenvalue weighted by Crippen LogP contribution is 2.32. The summed E-state index contributed by atoms with van der Waals surface area (Å²) >= 11 is 2.75. The average Bonchev–Trinajstić information content (AvgIpc) is 3.46. The lowest BCUT2D eigenvalue weighted by molar-refractivity contribution is -0.113. The van der Waals surface area contributed by atoms with Crippen LogP contribution in [0.4, 0.5) is 5.00 Å². The van der Waals surface area contributed by atoms with Crippen molar-refractivity contribution < 1.29 is 4.79 Å². The van der Waals surface area contributed by atoms with Crippen LogP contribution in [-0.4, -0.2) is 30.8 Å². The van der Waals surface area contributed by atoms with E-state index in [1.807, 2.05) is 54.6 Å². The van der Waals surface area contributed by atoms with Crippen LogP contribution in [0.2, 0.25) is 0 Å². The van der Waals surface area contributed by atoms with Gasteiger partial charge in [0.15, 0.2) is 5.16 Å². The van der Waals surface area contributed by atoms with Crippen LogP contribution in [0.15, 0.2) is 59.8 Å². The fourth-order valence-electron chi connectivity index (χ4n) is 3.79. The number of imidazole rings is 1. The molecule has 0 fully saturated rings. The lowest BCUT2D eigenvalue weighted by atomic mass is 10.2. The number of benzene rings is 2. The molecule has 0 aliphatic rings. The molecule has 0 spiro atoms. The van der Waals surface area contributed by atoms with E-state index in [4.69, 9.17) is 0 Å². The Bertz CT molecular complexity index is 1520. The number of nitriles is 1. The first-order chi connectivity index (χ1) is 16.1. The molecule has 0 bridgehead atoms. The number of carbonyl (C=O) groups is 1. The summed E-state index contributed by atoms with van der Waals surface area (Å²) < 4.78 is 4.13. The molecule has 2 aromatic carbocycles. The zero-order chi connectivity index (χ0) is 22.9. The summed E-state index contributed by atoms with van der Waals surface area (Å²) in [5.41, 5.74) is 4.67. The van der Waals surface area contributed by atoms with E-state index in [1.54, 1.807) is 0 Å². The summed E-state index contributed by atoms with van der Waals surface area (Å²) in [6, 6.07) is 20.5. The van der Waals surface area contributed by atoms with Gasteiger partial charge in [-0.2, -0.15) is 5.26 Å². The zero-order valence-corrected chi connectivity index (χ0v) is 19.7. The number of thioether (sulfide) groups is 1. The maximum Gasteiger partial charge on any atom is 0.237 e. The molecule has 3 aromatic heterocycles. The van der Waals surface area contributed by atoms with Crippen molar-refractivity contribution in [1.82, 2.24) is 19.2 Å². The number of hydrogen-bond donors (Lipinski definition) is 1. The maximum absolute atomic E-state index is 12.6. The summed E-state index contributed by atoms with van der Waals surface area (Å²) in [4.78, 5) is 13.7. The topological polar surface area (TPSA) is 88.0 Å². The molecule has 0 atom stereocenters. The van der Waals surface area contributed by atoms with Crippen molar-refractivity contribution in [1.29, 1.82) is 5.26 Å². The minimum Gasteiger partial charge on any atom is -0.316 e. The number of anilines is 1. The molecule has 33 heavy (non-hydrogen) atoms. The summed E-state index contributed by atoms with van der Waals surface area (Å²) in [6.07, 6.45) is 0. The first kappa shape index (κ1) is 21.2. The number of nitrogens with one attached hydrogen (secondary N) is 1. The van der Waals surface area contributed by atoms with Crippen molar-refractivity contribution in [3.8, 4) is 6.07 Å². The fraction of sp³-hybridized carbons (Fsp3) is 0.167. The quantitative estimate of drug-likeness (QED) is 0.351. The van der Waals surface area contributed by atoms with E-state index in [9.17, 15) is 10.1 Å². The van der Waals surface area contributed by atoms with Gasteiger partial charge in [0, 0.05) is 4.88 Å². The largest absolute Gasteiger partial charge is 0.316 e.